The third-order valence-electron chi connectivity index (χ3n) is 5.72. The van der Waals surface area contributed by atoms with Crippen LogP contribution in [0.5, 0.6) is 0 Å². The van der Waals surface area contributed by atoms with E-state index in [0.717, 1.165) is 26.3 Å². The predicted octanol–water partition coefficient (Wildman–Crippen LogP) is 5.03. The molecule has 1 aromatic heterocycles. The van der Waals surface area contributed by atoms with Gasteiger partial charge in [-0.25, -0.2) is 4.79 Å². The lowest BCUT2D eigenvalue weighted by Crippen LogP contribution is -2.50. The Bertz CT molecular complexity index is 1390. The third-order valence-corrected chi connectivity index (χ3v) is 6.21. The van der Waals surface area contributed by atoms with Gasteiger partial charge in [0.1, 0.15) is 11.6 Å². The second kappa shape index (κ2) is 10.8. The van der Waals surface area contributed by atoms with Gasteiger partial charge in [-0.15, -0.1) is 0 Å². The van der Waals surface area contributed by atoms with Gasteiger partial charge in [0.2, 0.25) is 5.91 Å². The normalized spacial score (nSPS) is 14.9. The zero-order valence-electron chi connectivity index (χ0n) is 19.9. The van der Waals surface area contributed by atoms with E-state index in [1.807, 2.05) is 38.1 Å². The van der Waals surface area contributed by atoms with Crippen LogP contribution in [-0.2, 0) is 9.59 Å². The summed E-state index contributed by atoms with van der Waals surface area (Å²) in [4.78, 5) is 37.9. The molecule has 1 unspecified atom stereocenters. The Labute approximate surface area is 218 Å². The summed E-state index contributed by atoms with van der Waals surface area (Å²) in [6.07, 6.45) is -3.27. The highest BCUT2D eigenvalue weighted by Gasteiger charge is 2.45. The van der Waals surface area contributed by atoms with E-state index in [9.17, 15) is 28.0 Å². The zero-order chi connectivity index (χ0) is 27.5. The Morgan fingerprint density at radius 2 is 1.70 bits per heavy atom. The lowest BCUT2D eigenvalue weighted by atomic mass is 10.0. The minimum atomic E-state index is -5.08. The van der Waals surface area contributed by atoms with Crippen LogP contribution in [0.1, 0.15) is 43.5 Å². The van der Waals surface area contributed by atoms with Crippen molar-refractivity contribution in [3.05, 3.63) is 46.4 Å². The molecule has 1 aliphatic rings. The van der Waals surface area contributed by atoms with Gasteiger partial charge in [0, 0.05) is 31.8 Å². The number of alkyl halides is 3. The maximum Gasteiger partial charge on any atom is 0.490 e. The maximum absolute atomic E-state index is 12.9. The van der Waals surface area contributed by atoms with Gasteiger partial charge in [0.25, 0.3) is 5.91 Å². The van der Waals surface area contributed by atoms with Crippen molar-refractivity contribution in [2.45, 2.75) is 50.9 Å². The lowest BCUT2D eigenvalue weighted by Gasteiger charge is -2.21. The molecule has 0 radical (unpaired) electrons. The molecule has 4 N–H and O–H groups in total. The van der Waals surface area contributed by atoms with E-state index in [0.29, 0.717) is 24.8 Å². The Balaban J connectivity index is 0.000000479. The number of aromatic nitrogens is 1. The van der Waals surface area contributed by atoms with Crippen LogP contribution >= 0.6 is 15.9 Å². The zero-order valence-corrected chi connectivity index (χ0v) is 21.5. The van der Waals surface area contributed by atoms with Crippen molar-refractivity contribution in [1.29, 1.82) is 5.26 Å². The van der Waals surface area contributed by atoms with Gasteiger partial charge in [0.05, 0.1) is 6.07 Å². The number of aliphatic carboxylic acids is 1. The first-order valence-corrected chi connectivity index (χ1v) is 12.1. The van der Waals surface area contributed by atoms with Crippen molar-refractivity contribution in [3.8, 4) is 6.07 Å². The number of nitrogens with one attached hydrogen (secondary N) is 3. The highest BCUT2D eigenvalue weighted by atomic mass is 79.9. The second-order valence-corrected chi connectivity index (χ2v) is 10.1. The van der Waals surface area contributed by atoms with Crippen molar-refractivity contribution in [2.75, 3.05) is 0 Å². The van der Waals surface area contributed by atoms with Crippen molar-refractivity contribution in [2.24, 2.45) is 5.92 Å². The number of nitriles is 1. The minimum absolute atomic E-state index is 0.216. The van der Waals surface area contributed by atoms with E-state index in [1.54, 1.807) is 12.1 Å². The molecule has 196 valence electrons. The van der Waals surface area contributed by atoms with Gasteiger partial charge in [-0.1, -0.05) is 41.9 Å². The summed E-state index contributed by atoms with van der Waals surface area (Å²) in [5.41, 5.74) is 1.58. The number of rotatable bonds is 6. The number of H-pyrrole nitrogens is 1. The number of hydrogen-bond acceptors (Lipinski definition) is 4. The van der Waals surface area contributed by atoms with Crippen molar-refractivity contribution in [3.63, 3.8) is 0 Å². The van der Waals surface area contributed by atoms with E-state index in [2.05, 4.69) is 37.6 Å². The van der Waals surface area contributed by atoms with Crippen LogP contribution in [0.4, 0.5) is 13.2 Å². The average Bonchev–Trinajstić information content (AvgIpc) is 3.49. The molecule has 2 amide bonds. The molecule has 2 aromatic carbocycles. The predicted molar refractivity (Wildman–Crippen MR) is 134 cm³/mol. The topological polar surface area (TPSA) is 135 Å². The summed E-state index contributed by atoms with van der Waals surface area (Å²) in [5, 5.41) is 24.2. The molecule has 0 bridgehead atoms. The average molecular weight is 581 g/mol. The van der Waals surface area contributed by atoms with Gasteiger partial charge in [-0.2, -0.15) is 18.4 Å². The molecule has 37 heavy (non-hydrogen) atoms. The molecule has 8 nitrogen and oxygen atoms in total. The highest BCUT2D eigenvalue weighted by Crippen LogP contribution is 2.34. The van der Waals surface area contributed by atoms with Gasteiger partial charge in [-0.3, -0.25) is 9.59 Å². The molecule has 0 saturated heterocycles. The first-order chi connectivity index (χ1) is 17.2. The summed E-state index contributed by atoms with van der Waals surface area (Å²) < 4.78 is 32.7. The van der Waals surface area contributed by atoms with Gasteiger partial charge >= 0.3 is 12.1 Å². The molecule has 1 heterocycles. The number of nitrogens with zero attached hydrogens (tertiary/aromatic N) is 1. The number of amides is 2. The number of carboxylic acid groups (broad SMARTS) is 1. The van der Waals surface area contributed by atoms with Crippen molar-refractivity contribution >= 4 is 55.5 Å². The summed E-state index contributed by atoms with van der Waals surface area (Å²) in [6.45, 7) is 4.00. The van der Waals surface area contributed by atoms with Crippen LogP contribution < -0.4 is 10.6 Å². The summed E-state index contributed by atoms with van der Waals surface area (Å²) in [5.74, 6) is -3.15. The van der Waals surface area contributed by atoms with E-state index in [1.165, 1.54) is 0 Å². The standard InChI is InChI=1S/C23H23BrN4O2.C2HF3O2/c1-13(2)9-20(22(30)28-23(12-25)7-8-23)27-21(29)14-3-5-16-17-6-4-15(24)11-19(17)26-18(16)10-14;3-2(4,5)1(6)7/h3-6,10-11,13,20,26H,7-9H2,1-2H3,(H,27,29)(H,28,30);(H,6,7). The van der Waals surface area contributed by atoms with Crippen LogP contribution in [0, 0.1) is 17.2 Å². The molecule has 3 aromatic rings. The van der Waals surface area contributed by atoms with E-state index < -0.39 is 23.7 Å². The number of benzene rings is 2. The van der Waals surface area contributed by atoms with Gasteiger partial charge in [0.15, 0.2) is 0 Å². The van der Waals surface area contributed by atoms with Crippen molar-refractivity contribution < 1.29 is 32.7 Å². The van der Waals surface area contributed by atoms with E-state index >= 15 is 0 Å². The van der Waals surface area contributed by atoms with Crippen LogP contribution in [0.25, 0.3) is 21.8 Å². The Hall–Kier alpha value is -3.59. The fourth-order valence-corrected chi connectivity index (χ4v) is 4.04. The Kier molecular flexibility index (Phi) is 8.17. The molecular weight excluding hydrogens is 557 g/mol. The first kappa shape index (κ1) is 28.0. The number of carbonyl (C=O) groups excluding carboxylic acids is 2. The fourth-order valence-electron chi connectivity index (χ4n) is 3.68. The Morgan fingerprint density at radius 3 is 2.22 bits per heavy atom. The quantitative estimate of drug-likeness (QED) is 0.324. The molecule has 0 spiro atoms. The smallest absolute Gasteiger partial charge is 0.475 e. The number of fused-ring (bicyclic) bond motifs is 3. The summed E-state index contributed by atoms with van der Waals surface area (Å²) in [7, 11) is 0. The fraction of sp³-hybridized carbons (Fsp3) is 0.360. The van der Waals surface area contributed by atoms with Gasteiger partial charge in [-0.05, 0) is 49.4 Å². The molecule has 4 rings (SSSR count). The number of halogens is 4. The summed E-state index contributed by atoms with van der Waals surface area (Å²) in [6, 6.07) is 13.0. The lowest BCUT2D eigenvalue weighted by molar-refractivity contribution is -0.192. The molecule has 1 saturated carbocycles. The molecule has 1 fully saturated rings. The molecular formula is C25H24BrF3N4O4. The largest absolute Gasteiger partial charge is 0.490 e. The minimum Gasteiger partial charge on any atom is -0.475 e. The highest BCUT2D eigenvalue weighted by molar-refractivity contribution is 9.10. The van der Waals surface area contributed by atoms with Crippen LogP contribution in [-0.4, -0.2) is 45.6 Å². The second-order valence-electron chi connectivity index (χ2n) is 9.22. The number of hydrogen-bond donors (Lipinski definition) is 4. The maximum atomic E-state index is 12.9. The number of carbonyl (C=O) groups is 3. The summed E-state index contributed by atoms with van der Waals surface area (Å²) >= 11 is 3.48. The SMILES string of the molecule is CC(C)CC(NC(=O)c1ccc2c(c1)[nH]c1cc(Br)ccc12)C(=O)NC1(C#N)CC1.O=C(O)C(F)(F)F. The monoisotopic (exact) mass is 580 g/mol. The molecule has 1 atom stereocenters. The molecule has 12 heteroatoms. The van der Waals surface area contributed by atoms with Crippen LogP contribution in [0.15, 0.2) is 40.9 Å². The van der Waals surface area contributed by atoms with Crippen LogP contribution in [0.3, 0.4) is 0 Å². The first-order valence-electron chi connectivity index (χ1n) is 11.3. The van der Waals surface area contributed by atoms with Crippen LogP contribution in [0.2, 0.25) is 0 Å². The van der Waals surface area contributed by atoms with E-state index in [-0.39, 0.29) is 17.7 Å². The number of carboxylic acids is 1. The van der Waals surface area contributed by atoms with E-state index in [4.69, 9.17) is 9.90 Å². The molecule has 1 aliphatic carbocycles. The Morgan fingerprint density at radius 1 is 1.14 bits per heavy atom. The number of aromatic amines is 1. The molecule has 0 aliphatic heterocycles. The van der Waals surface area contributed by atoms with Crippen molar-refractivity contribution in [1.82, 2.24) is 15.6 Å². The third kappa shape index (κ3) is 7.01. The van der Waals surface area contributed by atoms with Gasteiger partial charge < -0.3 is 20.7 Å².